The summed E-state index contributed by atoms with van der Waals surface area (Å²) in [6.07, 6.45) is 4.23. The van der Waals surface area contributed by atoms with Crippen molar-refractivity contribution in [1.82, 2.24) is 5.32 Å². The Hall–Kier alpha value is 0.480. The highest BCUT2D eigenvalue weighted by atomic mass is 32.2. The van der Waals surface area contributed by atoms with E-state index in [9.17, 15) is 4.79 Å². The summed E-state index contributed by atoms with van der Waals surface area (Å²) >= 11 is 5.57. The van der Waals surface area contributed by atoms with Gasteiger partial charge in [-0.15, -0.1) is 11.8 Å². The van der Waals surface area contributed by atoms with Crippen molar-refractivity contribution < 1.29 is 9.53 Å². The first-order valence-corrected chi connectivity index (χ1v) is 9.78. The van der Waals surface area contributed by atoms with E-state index < -0.39 is 0 Å². The van der Waals surface area contributed by atoms with Gasteiger partial charge < -0.3 is 10.1 Å². The highest BCUT2D eigenvalue weighted by Gasteiger charge is 2.33. The lowest BCUT2D eigenvalue weighted by molar-refractivity contribution is -0.120. The van der Waals surface area contributed by atoms with Crippen LogP contribution in [0.1, 0.15) is 12.8 Å². The second kappa shape index (κ2) is 7.31. The van der Waals surface area contributed by atoms with E-state index in [1.54, 1.807) is 11.8 Å². The predicted molar refractivity (Wildman–Crippen MR) is 82.9 cm³/mol. The Morgan fingerprint density at radius 2 is 2.22 bits per heavy atom. The average Bonchev–Trinajstić information content (AvgIpc) is 2.47. The molecule has 0 radical (unpaired) electrons. The van der Waals surface area contributed by atoms with Gasteiger partial charge in [-0.05, 0) is 19.1 Å². The Morgan fingerprint density at radius 1 is 1.44 bits per heavy atom. The summed E-state index contributed by atoms with van der Waals surface area (Å²) in [5, 5.41) is 3.32. The molecule has 2 aliphatic rings. The van der Waals surface area contributed by atoms with Crippen molar-refractivity contribution in [3.8, 4) is 0 Å². The number of rotatable bonds is 4. The molecule has 0 saturated carbocycles. The van der Waals surface area contributed by atoms with Crippen molar-refractivity contribution in [3.05, 3.63) is 0 Å². The van der Waals surface area contributed by atoms with Gasteiger partial charge in [0, 0.05) is 41.8 Å². The third kappa shape index (κ3) is 3.99. The zero-order valence-electron chi connectivity index (χ0n) is 10.8. The zero-order valence-corrected chi connectivity index (χ0v) is 13.2. The maximum atomic E-state index is 12.1. The largest absolute Gasteiger partial charge is 0.381 e. The summed E-state index contributed by atoms with van der Waals surface area (Å²) in [4.78, 5) is 12.1. The van der Waals surface area contributed by atoms with Crippen LogP contribution in [0.3, 0.4) is 0 Å². The SMILES string of the molecule is CSC1(CNC(=O)[C@@H]2CSCCS2)CCOCC1. The molecule has 3 nitrogen and oxygen atoms in total. The Morgan fingerprint density at radius 3 is 2.83 bits per heavy atom. The van der Waals surface area contributed by atoms with E-state index in [1.165, 1.54) is 5.75 Å². The number of hydrogen-bond donors (Lipinski definition) is 1. The van der Waals surface area contributed by atoms with Gasteiger partial charge >= 0.3 is 0 Å². The van der Waals surface area contributed by atoms with Gasteiger partial charge in [-0.3, -0.25) is 4.79 Å². The number of carbonyl (C=O) groups excluding carboxylic acids is 1. The van der Waals surface area contributed by atoms with Crippen LogP contribution in [0.5, 0.6) is 0 Å². The van der Waals surface area contributed by atoms with E-state index >= 15 is 0 Å². The number of nitrogens with one attached hydrogen (secondary N) is 1. The van der Waals surface area contributed by atoms with Gasteiger partial charge in [0.2, 0.25) is 5.91 Å². The van der Waals surface area contributed by atoms with Gasteiger partial charge in [0.25, 0.3) is 0 Å². The molecule has 2 fully saturated rings. The smallest absolute Gasteiger partial charge is 0.234 e. The second-order valence-electron chi connectivity index (χ2n) is 4.65. The molecule has 6 heteroatoms. The summed E-state index contributed by atoms with van der Waals surface area (Å²) < 4.78 is 5.61. The van der Waals surface area contributed by atoms with Crippen LogP contribution in [0.2, 0.25) is 0 Å². The van der Waals surface area contributed by atoms with E-state index in [1.807, 2.05) is 23.5 Å². The molecule has 0 bridgehead atoms. The van der Waals surface area contributed by atoms with Crippen LogP contribution in [0.15, 0.2) is 0 Å². The van der Waals surface area contributed by atoms with Gasteiger partial charge in [0.05, 0.1) is 5.25 Å². The number of hydrogen-bond acceptors (Lipinski definition) is 5. The van der Waals surface area contributed by atoms with Gasteiger partial charge in [-0.25, -0.2) is 0 Å². The molecule has 2 aliphatic heterocycles. The van der Waals surface area contributed by atoms with Crippen molar-refractivity contribution in [2.75, 3.05) is 43.3 Å². The molecule has 0 aliphatic carbocycles. The van der Waals surface area contributed by atoms with E-state index in [0.29, 0.717) is 0 Å². The molecule has 0 aromatic rings. The topological polar surface area (TPSA) is 38.3 Å². The van der Waals surface area contributed by atoms with Gasteiger partial charge in [-0.2, -0.15) is 23.5 Å². The van der Waals surface area contributed by atoms with Crippen LogP contribution < -0.4 is 5.32 Å². The Bertz CT molecular complexity index is 276. The molecule has 2 saturated heterocycles. The molecule has 0 spiro atoms. The third-order valence-corrected chi connectivity index (χ3v) is 7.70. The van der Waals surface area contributed by atoms with E-state index in [2.05, 4.69) is 11.6 Å². The molecule has 18 heavy (non-hydrogen) atoms. The van der Waals surface area contributed by atoms with Crippen molar-refractivity contribution >= 4 is 41.2 Å². The predicted octanol–water partition coefficient (Wildman–Crippen LogP) is 1.86. The monoisotopic (exact) mass is 307 g/mol. The van der Waals surface area contributed by atoms with E-state index in [4.69, 9.17) is 4.74 Å². The number of amides is 1. The molecule has 0 aromatic carbocycles. The number of ether oxygens (including phenoxy) is 1. The normalized spacial score (nSPS) is 27.7. The minimum atomic E-state index is 0.155. The standard InChI is InChI=1S/C12H21NO2S3/c1-16-12(2-4-15-5-3-12)9-13-11(14)10-8-17-6-7-18-10/h10H,2-9H2,1H3,(H,13,14)/t10-/m0/s1. The quantitative estimate of drug-likeness (QED) is 0.858. The zero-order chi connectivity index (χ0) is 12.8. The highest BCUT2D eigenvalue weighted by molar-refractivity contribution is 8.07. The lowest BCUT2D eigenvalue weighted by atomic mass is 9.99. The fourth-order valence-corrected chi connectivity index (χ4v) is 5.57. The molecule has 0 aromatic heterocycles. The molecule has 1 atom stereocenters. The van der Waals surface area contributed by atoms with E-state index in [-0.39, 0.29) is 15.9 Å². The summed E-state index contributed by atoms with van der Waals surface area (Å²) in [7, 11) is 0. The van der Waals surface area contributed by atoms with Crippen LogP contribution in [-0.2, 0) is 9.53 Å². The fourth-order valence-electron chi connectivity index (χ4n) is 2.20. The molecular formula is C12H21NO2S3. The first-order valence-electron chi connectivity index (χ1n) is 6.36. The maximum absolute atomic E-state index is 12.1. The van der Waals surface area contributed by atoms with Crippen LogP contribution in [-0.4, -0.2) is 59.2 Å². The minimum Gasteiger partial charge on any atom is -0.381 e. The maximum Gasteiger partial charge on any atom is 0.234 e. The molecule has 1 N–H and O–H groups in total. The average molecular weight is 308 g/mol. The van der Waals surface area contributed by atoms with Crippen LogP contribution >= 0.6 is 35.3 Å². The summed E-state index contributed by atoms with van der Waals surface area (Å²) in [5.74, 6) is 3.48. The summed E-state index contributed by atoms with van der Waals surface area (Å²) in [6.45, 7) is 2.44. The molecule has 1 amide bonds. The van der Waals surface area contributed by atoms with Gasteiger partial charge in [0.15, 0.2) is 0 Å². The highest BCUT2D eigenvalue weighted by Crippen LogP contribution is 2.33. The second-order valence-corrected chi connectivity index (χ2v) is 8.39. The third-order valence-electron chi connectivity index (χ3n) is 3.53. The Kier molecular flexibility index (Phi) is 6.04. The number of carbonyl (C=O) groups is 1. The molecule has 0 unspecified atom stereocenters. The number of thioether (sulfide) groups is 3. The summed E-state index contributed by atoms with van der Waals surface area (Å²) in [6, 6.07) is 0. The molecule has 104 valence electrons. The lowest BCUT2D eigenvalue weighted by Gasteiger charge is -2.36. The van der Waals surface area contributed by atoms with Gasteiger partial charge in [0.1, 0.15) is 0 Å². The Labute approximate surface area is 122 Å². The van der Waals surface area contributed by atoms with Crippen molar-refractivity contribution in [1.29, 1.82) is 0 Å². The molecular weight excluding hydrogens is 286 g/mol. The van der Waals surface area contributed by atoms with Crippen molar-refractivity contribution in [3.63, 3.8) is 0 Å². The van der Waals surface area contributed by atoms with Crippen LogP contribution in [0.25, 0.3) is 0 Å². The first-order chi connectivity index (χ1) is 8.76. The van der Waals surface area contributed by atoms with E-state index in [0.717, 1.165) is 44.1 Å². The van der Waals surface area contributed by atoms with Crippen LogP contribution in [0, 0.1) is 0 Å². The summed E-state index contributed by atoms with van der Waals surface area (Å²) in [5.41, 5.74) is 0. The van der Waals surface area contributed by atoms with Crippen molar-refractivity contribution in [2.24, 2.45) is 0 Å². The van der Waals surface area contributed by atoms with Crippen LogP contribution in [0.4, 0.5) is 0 Å². The fraction of sp³-hybridized carbons (Fsp3) is 0.917. The lowest BCUT2D eigenvalue weighted by Crippen LogP contribution is -2.47. The van der Waals surface area contributed by atoms with Crippen molar-refractivity contribution in [2.45, 2.75) is 22.8 Å². The Balaban J connectivity index is 1.79. The molecule has 2 heterocycles. The molecule has 2 rings (SSSR count). The first kappa shape index (κ1) is 14.9. The van der Waals surface area contributed by atoms with Gasteiger partial charge in [-0.1, -0.05) is 0 Å². The minimum absolute atomic E-state index is 0.155.